The minimum Gasteiger partial charge on any atom is -0.283 e. The van der Waals surface area contributed by atoms with Gasteiger partial charge in [-0.15, -0.1) is 6.58 Å². The van der Waals surface area contributed by atoms with Crippen LogP contribution in [0.4, 0.5) is 11.4 Å². The first-order chi connectivity index (χ1) is 20.1. The van der Waals surface area contributed by atoms with Gasteiger partial charge in [0.2, 0.25) is 0 Å². The lowest BCUT2D eigenvalue weighted by atomic mass is 9.98. The van der Waals surface area contributed by atoms with E-state index >= 15 is 0 Å². The summed E-state index contributed by atoms with van der Waals surface area (Å²) in [6.45, 7) is 6.28. The van der Waals surface area contributed by atoms with E-state index in [1.165, 1.54) is 22.9 Å². The van der Waals surface area contributed by atoms with Crippen LogP contribution >= 0.6 is 11.8 Å². The molecule has 41 heavy (non-hydrogen) atoms. The number of hydrazone groups is 1. The van der Waals surface area contributed by atoms with E-state index in [1.54, 1.807) is 11.0 Å². The van der Waals surface area contributed by atoms with Crippen LogP contribution in [0.1, 0.15) is 34.7 Å². The molecule has 0 bridgehead atoms. The third-order valence-corrected chi connectivity index (χ3v) is 8.12. The number of aliphatic imine (C=N–C) groups is 1. The van der Waals surface area contributed by atoms with Gasteiger partial charge in [0.15, 0.2) is 5.17 Å². The molecule has 0 radical (unpaired) electrons. The zero-order valence-corrected chi connectivity index (χ0v) is 23.7. The molecule has 0 spiro atoms. The van der Waals surface area contributed by atoms with Crippen molar-refractivity contribution in [1.82, 2.24) is 4.90 Å². The number of rotatable bonds is 7. The second kappa shape index (κ2) is 11.8. The van der Waals surface area contributed by atoms with Crippen molar-refractivity contribution in [3.8, 4) is 0 Å². The average molecular weight is 555 g/mol. The number of carbonyl (C=O) groups excluding carboxylic acids is 1. The number of hydrogen-bond donors (Lipinski definition) is 0. The molecule has 1 unspecified atom stereocenters. The number of amidine groups is 1. The number of benzene rings is 4. The molecule has 4 aromatic rings. The van der Waals surface area contributed by atoms with Gasteiger partial charge < -0.3 is 0 Å². The van der Waals surface area contributed by atoms with Crippen molar-refractivity contribution in [3.63, 3.8) is 0 Å². The van der Waals surface area contributed by atoms with Gasteiger partial charge in [0.05, 0.1) is 28.0 Å². The van der Waals surface area contributed by atoms with Crippen molar-refractivity contribution >= 4 is 46.0 Å². The van der Waals surface area contributed by atoms with Gasteiger partial charge in [-0.25, -0.2) is 4.99 Å². The third kappa shape index (κ3) is 5.79. The van der Waals surface area contributed by atoms with E-state index in [9.17, 15) is 4.79 Å². The van der Waals surface area contributed by atoms with Crippen molar-refractivity contribution in [2.24, 2.45) is 10.1 Å². The van der Waals surface area contributed by atoms with E-state index in [1.807, 2.05) is 61.5 Å². The highest BCUT2D eigenvalue weighted by atomic mass is 32.2. The van der Waals surface area contributed by atoms with Crippen LogP contribution in [-0.4, -0.2) is 28.2 Å². The van der Waals surface area contributed by atoms with E-state index < -0.39 is 0 Å². The number of carbonyl (C=O) groups is 1. The number of amides is 1. The second-order valence-electron chi connectivity index (χ2n) is 10.0. The molecule has 0 aliphatic carbocycles. The summed E-state index contributed by atoms with van der Waals surface area (Å²) >= 11 is 1.39. The summed E-state index contributed by atoms with van der Waals surface area (Å²) in [5.74, 6) is -0.0642. The Morgan fingerprint density at radius 3 is 2.29 bits per heavy atom. The van der Waals surface area contributed by atoms with Gasteiger partial charge in [0, 0.05) is 13.0 Å². The van der Waals surface area contributed by atoms with E-state index in [-0.39, 0.29) is 11.9 Å². The van der Waals surface area contributed by atoms with Crippen LogP contribution in [0.3, 0.4) is 0 Å². The fourth-order valence-electron chi connectivity index (χ4n) is 4.97. The number of aryl methyl sites for hydroxylation is 1. The first-order valence-corrected chi connectivity index (χ1v) is 14.5. The molecule has 1 atom stereocenters. The average Bonchev–Trinajstić information content (AvgIpc) is 3.58. The molecule has 202 valence electrons. The SMILES string of the molecule is C=CCN1C(=O)/C(=C/c2ccc(N3N=C(c4ccccc4)CC3c3ccccc3)cc2)SC1=Nc1ccc(C)cc1. The monoisotopic (exact) mass is 554 g/mol. The number of thioether (sulfide) groups is 1. The van der Waals surface area contributed by atoms with Gasteiger partial charge in [-0.1, -0.05) is 96.6 Å². The molecule has 1 saturated heterocycles. The molecular weight excluding hydrogens is 524 g/mol. The summed E-state index contributed by atoms with van der Waals surface area (Å²) in [4.78, 5) is 20.3. The Balaban J connectivity index is 1.27. The molecule has 0 saturated carbocycles. The van der Waals surface area contributed by atoms with Crippen molar-refractivity contribution in [3.05, 3.63) is 149 Å². The van der Waals surface area contributed by atoms with Gasteiger partial charge >= 0.3 is 0 Å². The lowest BCUT2D eigenvalue weighted by Crippen LogP contribution is -2.29. The minimum absolute atomic E-state index is 0.0642. The van der Waals surface area contributed by atoms with Crippen LogP contribution in [0.5, 0.6) is 0 Å². The number of hydrogen-bond acceptors (Lipinski definition) is 5. The highest BCUT2D eigenvalue weighted by Gasteiger charge is 2.33. The maximum Gasteiger partial charge on any atom is 0.267 e. The number of anilines is 1. The van der Waals surface area contributed by atoms with Crippen LogP contribution in [0.2, 0.25) is 0 Å². The Morgan fingerprint density at radius 2 is 1.61 bits per heavy atom. The van der Waals surface area contributed by atoms with E-state index in [4.69, 9.17) is 10.1 Å². The molecule has 2 aliphatic heterocycles. The van der Waals surface area contributed by atoms with Crippen molar-refractivity contribution in [2.75, 3.05) is 11.6 Å². The largest absolute Gasteiger partial charge is 0.283 e. The Morgan fingerprint density at radius 1 is 0.927 bits per heavy atom. The molecule has 1 amide bonds. The first-order valence-electron chi connectivity index (χ1n) is 13.6. The van der Waals surface area contributed by atoms with Crippen LogP contribution in [0.25, 0.3) is 6.08 Å². The van der Waals surface area contributed by atoms with Crippen LogP contribution in [0.15, 0.2) is 137 Å². The Kier molecular flexibility index (Phi) is 7.65. The zero-order chi connectivity index (χ0) is 28.2. The van der Waals surface area contributed by atoms with Gasteiger partial charge in [0.25, 0.3) is 5.91 Å². The molecule has 1 fully saturated rings. The zero-order valence-electron chi connectivity index (χ0n) is 22.9. The number of nitrogens with zero attached hydrogens (tertiary/aromatic N) is 4. The molecule has 2 heterocycles. The fourth-order valence-corrected chi connectivity index (χ4v) is 5.98. The lowest BCUT2D eigenvalue weighted by molar-refractivity contribution is -0.121. The van der Waals surface area contributed by atoms with Crippen LogP contribution in [0, 0.1) is 6.92 Å². The van der Waals surface area contributed by atoms with Crippen LogP contribution < -0.4 is 5.01 Å². The Bertz CT molecular complexity index is 1640. The summed E-state index contributed by atoms with van der Waals surface area (Å²) in [5, 5.41) is 7.83. The maximum absolute atomic E-state index is 13.3. The lowest BCUT2D eigenvalue weighted by Gasteiger charge is -2.24. The van der Waals surface area contributed by atoms with Gasteiger partial charge in [0.1, 0.15) is 0 Å². The van der Waals surface area contributed by atoms with Gasteiger partial charge in [-0.3, -0.25) is 14.7 Å². The highest BCUT2D eigenvalue weighted by Crippen LogP contribution is 2.38. The fraction of sp³-hybridized carbons (Fsp3) is 0.114. The van der Waals surface area contributed by atoms with Gasteiger partial charge in [-0.05, 0) is 65.7 Å². The standard InChI is InChI=1S/C35H30N4OS/c1-3-22-38-34(40)33(41-35(38)36-29-18-14-25(2)15-19-29)23-26-16-20-30(21-17-26)39-32(28-12-8-5-9-13-28)24-31(37-39)27-10-6-4-7-11-27/h3-21,23,32H,1,22,24H2,2H3/b33-23-,36-35?. The molecule has 6 rings (SSSR count). The Labute approximate surface area is 245 Å². The molecule has 6 heteroatoms. The maximum atomic E-state index is 13.3. The topological polar surface area (TPSA) is 48.3 Å². The summed E-state index contributed by atoms with van der Waals surface area (Å²) in [7, 11) is 0. The molecular formula is C35H30N4OS. The molecule has 0 aromatic heterocycles. The van der Waals surface area contributed by atoms with Crippen molar-refractivity contribution < 1.29 is 4.79 Å². The van der Waals surface area contributed by atoms with Gasteiger partial charge in [-0.2, -0.15) is 5.10 Å². The van der Waals surface area contributed by atoms with E-state index in [0.717, 1.165) is 34.6 Å². The Hall–Kier alpha value is -4.68. The molecule has 2 aliphatic rings. The normalized spacial score (nSPS) is 18.8. The summed E-state index contributed by atoms with van der Waals surface area (Å²) in [6.07, 6.45) is 4.49. The first kappa shape index (κ1) is 26.5. The van der Waals surface area contributed by atoms with E-state index in [2.05, 4.69) is 72.3 Å². The summed E-state index contributed by atoms with van der Waals surface area (Å²) in [6, 6.07) is 37.2. The molecule has 4 aromatic carbocycles. The quantitative estimate of drug-likeness (QED) is 0.171. The van der Waals surface area contributed by atoms with Crippen molar-refractivity contribution in [2.45, 2.75) is 19.4 Å². The molecule has 0 N–H and O–H groups in total. The smallest absolute Gasteiger partial charge is 0.267 e. The summed E-state index contributed by atoms with van der Waals surface area (Å²) < 4.78 is 0. The van der Waals surface area contributed by atoms with Crippen LogP contribution in [-0.2, 0) is 4.79 Å². The predicted octanol–water partition coefficient (Wildman–Crippen LogP) is 8.14. The van der Waals surface area contributed by atoms with E-state index in [0.29, 0.717) is 16.6 Å². The highest BCUT2D eigenvalue weighted by molar-refractivity contribution is 8.18. The van der Waals surface area contributed by atoms with Crippen molar-refractivity contribution in [1.29, 1.82) is 0 Å². The molecule has 5 nitrogen and oxygen atoms in total. The minimum atomic E-state index is -0.0642. The third-order valence-electron chi connectivity index (χ3n) is 7.12. The second-order valence-corrected chi connectivity index (χ2v) is 11.0. The predicted molar refractivity (Wildman–Crippen MR) is 171 cm³/mol. The summed E-state index contributed by atoms with van der Waals surface area (Å²) in [5.41, 5.74) is 7.38.